The zero-order chi connectivity index (χ0) is 23.8. The summed E-state index contributed by atoms with van der Waals surface area (Å²) in [6.45, 7) is 3.72. The van der Waals surface area contributed by atoms with Gasteiger partial charge in [0.25, 0.3) is 0 Å². The predicted molar refractivity (Wildman–Crippen MR) is 129 cm³/mol. The summed E-state index contributed by atoms with van der Waals surface area (Å²) in [6.07, 6.45) is 0.365. The molecule has 2 amide bonds. The summed E-state index contributed by atoms with van der Waals surface area (Å²) in [5.41, 5.74) is 2.00. The van der Waals surface area contributed by atoms with Crippen molar-refractivity contribution in [3.63, 3.8) is 0 Å². The van der Waals surface area contributed by atoms with Gasteiger partial charge in [0.1, 0.15) is 11.9 Å². The number of halogens is 2. The van der Waals surface area contributed by atoms with Gasteiger partial charge < -0.3 is 10.2 Å². The Balaban J connectivity index is 1.98. The van der Waals surface area contributed by atoms with Crippen LogP contribution in [0.25, 0.3) is 0 Å². The fraction of sp³-hybridized carbons (Fsp3) is 0.259. The first-order valence-corrected chi connectivity index (χ1v) is 11.3. The quantitative estimate of drug-likeness (QED) is 0.472. The van der Waals surface area contributed by atoms with E-state index in [1.54, 1.807) is 36.4 Å². The molecule has 3 aromatic rings. The number of hydrogen-bond donors (Lipinski definition) is 1. The Morgan fingerprint density at radius 2 is 1.61 bits per heavy atom. The Labute approximate surface area is 199 Å². The fourth-order valence-corrected chi connectivity index (χ4v) is 3.88. The van der Waals surface area contributed by atoms with Gasteiger partial charge in [0.05, 0.1) is 6.42 Å². The first kappa shape index (κ1) is 24.5. The molecule has 6 heteroatoms. The summed E-state index contributed by atoms with van der Waals surface area (Å²) in [5, 5.41) is 3.45. The molecule has 3 aromatic carbocycles. The highest BCUT2D eigenvalue weighted by Crippen LogP contribution is 2.19. The van der Waals surface area contributed by atoms with Gasteiger partial charge in [-0.25, -0.2) is 4.39 Å². The van der Waals surface area contributed by atoms with Crippen LogP contribution < -0.4 is 5.32 Å². The monoisotopic (exact) mass is 466 g/mol. The van der Waals surface area contributed by atoms with Crippen molar-refractivity contribution in [1.29, 1.82) is 0 Å². The molecule has 0 saturated heterocycles. The highest BCUT2D eigenvalue weighted by atomic mass is 35.5. The highest BCUT2D eigenvalue weighted by Gasteiger charge is 2.31. The van der Waals surface area contributed by atoms with Crippen molar-refractivity contribution in [1.82, 2.24) is 10.2 Å². The van der Waals surface area contributed by atoms with E-state index in [0.29, 0.717) is 17.0 Å². The zero-order valence-corrected chi connectivity index (χ0v) is 19.6. The van der Waals surface area contributed by atoms with Crippen LogP contribution in [-0.2, 0) is 29.0 Å². The van der Waals surface area contributed by atoms with Crippen LogP contribution in [0.5, 0.6) is 0 Å². The number of rotatable bonds is 9. The first-order valence-electron chi connectivity index (χ1n) is 10.9. The topological polar surface area (TPSA) is 49.4 Å². The number of amides is 2. The fourth-order valence-electron chi connectivity index (χ4n) is 3.67. The largest absolute Gasteiger partial charge is 0.352 e. The van der Waals surface area contributed by atoms with Crippen LogP contribution >= 0.6 is 11.6 Å². The average molecular weight is 467 g/mol. The van der Waals surface area contributed by atoms with E-state index in [1.165, 1.54) is 11.0 Å². The Morgan fingerprint density at radius 3 is 2.27 bits per heavy atom. The second-order valence-electron chi connectivity index (χ2n) is 8.29. The third-order valence-corrected chi connectivity index (χ3v) is 5.48. The van der Waals surface area contributed by atoms with Crippen molar-refractivity contribution in [2.75, 3.05) is 0 Å². The molecule has 0 aromatic heterocycles. The molecule has 0 aliphatic heterocycles. The number of nitrogens with one attached hydrogen (secondary N) is 1. The van der Waals surface area contributed by atoms with E-state index in [9.17, 15) is 14.0 Å². The summed E-state index contributed by atoms with van der Waals surface area (Å²) in [7, 11) is 0. The molecule has 0 saturated carbocycles. The lowest BCUT2D eigenvalue weighted by atomic mass is 10.0. The van der Waals surface area contributed by atoms with E-state index in [0.717, 1.165) is 11.1 Å². The number of benzene rings is 3. The Bertz CT molecular complexity index is 1090. The van der Waals surface area contributed by atoms with Crippen LogP contribution in [0.15, 0.2) is 78.9 Å². The van der Waals surface area contributed by atoms with E-state index in [-0.39, 0.29) is 30.8 Å². The predicted octanol–water partition coefficient (Wildman–Crippen LogP) is 5.19. The Morgan fingerprint density at radius 1 is 0.939 bits per heavy atom. The molecule has 1 atom stereocenters. The second kappa shape index (κ2) is 11.6. The molecular formula is C27H28ClFN2O2. The standard InChI is InChI=1S/C27H28ClFN2O2/c1-19(2)30-27(33)25(16-20-9-4-3-5-10-20)31(18-22-12-6-7-14-24(22)29)26(32)17-21-11-8-13-23(28)15-21/h3-15,19,25H,16-18H2,1-2H3,(H,30,33)/t25-/m0/s1. The van der Waals surface area contributed by atoms with E-state index >= 15 is 0 Å². The molecule has 0 fully saturated rings. The van der Waals surface area contributed by atoms with Gasteiger partial charge in [0.15, 0.2) is 0 Å². The minimum absolute atomic E-state index is 0.0188. The number of hydrogen-bond acceptors (Lipinski definition) is 2. The molecule has 172 valence electrons. The molecule has 33 heavy (non-hydrogen) atoms. The van der Waals surface area contributed by atoms with Gasteiger partial charge in [-0.2, -0.15) is 0 Å². The van der Waals surface area contributed by atoms with Gasteiger partial charge in [-0.3, -0.25) is 9.59 Å². The lowest BCUT2D eigenvalue weighted by Crippen LogP contribution is -2.52. The number of carbonyl (C=O) groups excluding carboxylic acids is 2. The maximum Gasteiger partial charge on any atom is 0.243 e. The number of nitrogens with zero attached hydrogens (tertiary/aromatic N) is 1. The summed E-state index contributed by atoms with van der Waals surface area (Å²) in [5.74, 6) is -0.967. The minimum atomic E-state index is -0.805. The molecular weight excluding hydrogens is 439 g/mol. The molecule has 0 heterocycles. The number of carbonyl (C=O) groups is 2. The van der Waals surface area contributed by atoms with E-state index in [2.05, 4.69) is 5.32 Å². The molecule has 0 bridgehead atoms. The highest BCUT2D eigenvalue weighted by molar-refractivity contribution is 6.30. The Hall–Kier alpha value is -3.18. The van der Waals surface area contributed by atoms with Gasteiger partial charge in [-0.15, -0.1) is 0 Å². The van der Waals surface area contributed by atoms with Crippen molar-refractivity contribution >= 4 is 23.4 Å². The third-order valence-electron chi connectivity index (χ3n) is 5.24. The van der Waals surface area contributed by atoms with Crippen molar-refractivity contribution in [3.8, 4) is 0 Å². The maximum absolute atomic E-state index is 14.5. The van der Waals surface area contributed by atoms with Gasteiger partial charge in [0, 0.05) is 29.6 Å². The second-order valence-corrected chi connectivity index (χ2v) is 8.72. The maximum atomic E-state index is 14.5. The van der Waals surface area contributed by atoms with E-state index < -0.39 is 11.9 Å². The van der Waals surface area contributed by atoms with Gasteiger partial charge in [-0.1, -0.05) is 72.3 Å². The van der Waals surface area contributed by atoms with Gasteiger partial charge in [-0.05, 0) is 43.2 Å². The summed E-state index contributed by atoms with van der Waals surface area (Å²) < 4.78 is 14.5. The molecule has 0 spiro atoms. The summed E-state index contributed by atoms with van der Waals surface area (Å²) >= 11 is 6.10. The molecule has 0 aliphatic carbocycles. The van der Waals surface area contributed by atoms with Crippen molar-refractivity contribution in [2.24, 2.45) is 0 Å². The van der Waals surface area contributed by atoms with Crippen LogP contribution in [0.4, 0.5) is 4.39 Å². The molecule has 3 rings (SSSR count). The van der Waals surface area contributed by atoms with Crippen molar-refractivity contribution < 1.29 is 14.0 Å². The minimum Gasteiger partial charge on any atom is -0.352 e. The van der Waals surface area contributed by atoms with Gasteiger partial charge in [0.2, 0.25) is 11.8 Å². The van der Waals surface area contributed by atoms with Crippen molar-refractivity contribution in [2.45, 2.75) is 45.3 Å². The SMILES string of the molecule is CC(C)NC(=O)[C@H](Cc1ccccc1)N(Cc1ccccc1F)C(=O)Cc1cccc(Cl)c1. The lowest BCUT2D eigenvalue weighted by molar-refractivity contribution is -0.141. The van der Waals surface area contributed by atoms with Gasteiger partial charge >= 0.3 is 0 Å². The first-order chi connectivity index (χ1) is 15.8. The smallest absolute Gasteiger partial charge is 0.243 e. The Kier molecular flexibility index (Phi) is 8.61. The van der Waals surface area contributed by atoms with Crippen LogP contribution in [0, 0.1) is 5.82 Å². The van der Waals surface area contributed by atoms with Crippen molar-refractivity contribution in [3.05, 3.63) is 106 Å². The van der Waals surface area contributed by atoms with E-state index in [1.807, 2.05) is 50.2 Å². The molecule has 0 radical (unpaired) electrons. The summed E-state index contributed by atoms with van der Waals surface area (Å²) in [6, 6.07) is 22.0. The molecule has 0 aliphatic rings. The zero-order valence-electron chi connectivity index (χ0n) is 18.8. The lowest BCUT2D eigenvalue weighted by Gasteiger charge is -2.32. The normalized spacial score (nSPS) is 11.8. The molecule has 4 nitrogen and oxygen atoms in total. The van der Waals surface area contributed by atoms with Crippen LogP contribution in [0.2, 0.25) is 5.02 Å². The molecule has 0 unspecified atom stereocenters. The van der Waals surface area contributed by atoms with E-state index in [4.69, 9.17) is 11.6 Å². The van der Waals surface area contributed by atoms with Crippen LogP contribution in [-0.4, -0.2) is 28.8 Å². The third kappa shape index (κ3) is 7.16. The summed E-state index contributed by atoms with van der Waals surface area (Å²) in [4.78, 5) is 28.3. The molecule has 1 N–H and O–H groups in total. The van der Waals surface area contributed by atoms with Crippen LogP contribution in [0.1, 0.15) is 30.5 Å². The average Bonchev–Trinajstić information content (AvgIpc) is 2.77. The van der Waals surface area contributed by atoms with Crippen LogP contribution in [0.3, 0.4) is 0 Å².